The maximum atomic E-state index is 11.5. The normalized spacial score (nSPS) is 13.6. The van der Waals surface area contributed by atoms with E-state index >= 15 is 0 Å². The zero-order valence-electron chi connectivity index (χ0n) is 38.0. The van der Waals surface area contributed by atoms with E-state index in [1.165, 1.54) is 10.6 Å². The Labute approximate surface area is 371 Å². The Morgan fingerprint density at radius 1 is 0.806 bits per heavy atom. The fraction of sp³-hybridized carbons (Fsp3) is 0.429. The summed E-state index contributed by atoms with van der Waals surface area (Å²) in [5.74, 6) is 2.79. The van der Waals surface area contributed by atoms with Gasteiger partial charge in [0.15, 0.2) is 11.2 Å². The number of hydrogen-bond donors (Lipinski definition) is 5. The van der Waals surface area contributed by atoms with Crippen LogP contribution in [-0.4, -0.2) is 82.4 Å². The Hall–Kier alpha value is -6.34. The summed E-state index contributed by atoms with van der Waals surface area (Å²) in [4.78, 5) is 73.6. The molecule has 335 valence electrons. The molecule has 0 bridgehead atoms. The molecule has 0 atom stereocenters. The van der Waals surface area contributed by atoms with Gasteiger partial charge in [0.2, 0.25) is 0 Å². The van der Waals surface area contributed by atoms with Crippen LogP contribution in [0, 0.1) is 20.0 Å². The zero-order valence-corrected chi connectivity index (χ0v) is 39.4. The number of amides is 1. The van der Waals surface area contributed by atoms with E-state index in [4.69, 9.17) is 11.5 Å². The fourth-order valence-corrected chi connectivity index (χ4v) is 5.39. The minimum atomic E-state index is -0.347. The van der Waals surface area contributed by atoms with E-state index in [0.717, 1.165) is 4.35 Å². The van der Waals surface area contributed by atoms with Crippen LogP contribution in [0.15, 0.2) is 92.6 Å². The van der Waals surface area contributed by atoms with Gasteiger partial charge < -0.3 is 30.4 Å². The first-order valence-electron chi connectivity index (χ1n) is 19.9. The van der Waals surface area contributed by atoms with E-state index < -0.39 is 0 Å². The maximum absolute atomic E-state index is 11.5. The number of H-pyrrole nitrogens is 2. The molecule has 0 saturated heterocycles. The van der Waals surface area contributed by atoms with Crippen molar-refractivity contribution in [1.82, 2.24) is 53.7 Å². The van der Waals surface area contributed by atoms with E-state index in [1.54, 1.807) is 45.0 Å². The number of nitrogens with one attached hydrogen (secondary N) is 3. The fourth-order valence-electron chi connectivity index (χ4n) is 5.22. The average Bonchev–Trinajstić information content (AvgIpc) is 3.83. The number of amidine groups is 2. The number of aryl methyl sites for hydroxylation is 2. The van der Waals surface area contributed by atoms with Crippen LogP contribution in [0.4, 0.5) is 0 Å². The number of aromatic nitrogens is 8. The number of aliphatic imine (C=N–C) groups is 2. The van der Waals surface area contributed by atoms with E-state index in [2.05, 4.69) is 104 Å². The van der Waals surface area contributed by atoms with E-state index in [9.17, 15) is 19.2 Å². The molecule has 4 aromatic heterocycles. The van der Waals surface area contributed by atoms with Crippen molar-refractivity contribution < 1.29 is 21.8 Å². The largest absolute Gasteiger partial charge is 0.328 e. The molecule has 0 fully saturated rings. The van der Waals surface area contributed by atoms with Crippen LogP contribution >= 0.6 is 0 Å². The Morgan fingerprint density at radius 2 is 1.40 bits per heavy atom. The number of carbonyl (C=O) groups excluding carboxylic acids is 1. The number of carbonyl (C=O) groups is 1. The number of nitrogens with zero attached hydrogens (tertiary/aromatic N) is 10. The Kier molecular flexibility index (Phi) is 19.7. The molecule has 4 aromatic rings. The van der Waals surface area contributed by atoms with Gasteiger partial charge in [-0.1, -0.05) is 13.2 Å². The molecule has 62 heavy (non-hydrogen) atoms. The van der Waals surface area contributed by atoms with Crippen LogP contribution in [0.3, 0.4) is 0 Å². The van der Waals surface area contributed by atoms with Crippen molar-refractivity contribution in [2.24, 2.45) is 21.5 Å². The molecule has 0 aliphatic carbocycles. The van der Waals surface area contributed by atoms with E-state index in [0.29, 0.717) is 69.7 Å². The van der Waals surface area contributed by atoms with Crippen LogP contribution in [0.2, 0.25) is 0 Å². The summed E-state index contributed by atoms with van der Waals surface area (Å²) >= 11 is 2.33. The number of fused-ring (bicyclic) bond motifs is 1. The smallest absolute Gasteiger partial charge is 0.313 e. The molecule has 6 heterocycles. The summed E-state index contributed by atoms with van der Waals surface area (Å²) in [6.07, 6.45) is 14.9. The predicted molar refractivity (Wildman–Crippen MR) is 243 cm³/mol. The van der Waals surface area contributed by atoms with Crippen molar-refractivity contribution in [1.29, 1.82) is 0 Å². The van der Waals surface area contributed by atoms with Gasteiger partial charge in [-0.05, 0) is 75.3 Å². The molecule has 2 aliphatic heterocycles. The van der Waals surface area contributed by atoms with Crippen LogP contribution in [0.1, 0.15) is 111 Å². The number of nitrogens with two attached hydrogens (primary N) is 2. The first kappa shape index (κ1) is 51.8. The molecule has 1 amide bonds. The molecule has 0 saturated carbocycles. The van der Waals surface area contributed by atoms with Gasteiger partial charge in [0.05, 0.1) is 6.33 Å². The van der Waals surface area contributed by atoms with Crippen LogP contribution < -0.4 is 33.6 Å². The molecule has 19 nitrogen and oxygen atoms in total. The molecule has 0 aromatic carbocycles. The number of rotatable bonds is 7. The Morgan fingerprint density at radius 3 is 1.90 bits per heavy atom. The van der Waals surface area contributed by atoms with Crippen LogP contribution in [0.5, 0.6) is 0 Å². The third-order valence-corrected chi connectivity index (χ3v) is 8.63. The van der Waals surface area contributed by atoms with Crippen molar-refractivity contribution in [2.75, 3.05) is 0 Å². The minimum absolute atomic E-state index is 0.0769. The summed E-state index contributed by atoms with van der Waals surface area (Å²) < 4.78 is 6.11. The number of aromatic amines is 2. The van der Waals surface area contributed by atoms with E-state index in [-0.39, 0.29) is 34.8 Å². The Bertz CT molecular complexity index is 2510. The number of imidazole rings is 2. The van der Waals surface area contributed by atoms with Crippen molar-refractivity contribution >= 4 is 33.1 Å². The van der Waals surface area contributed by atoms with Crippen molar-refractivity contribution in [3.05, 3.63) is 123 Å². The van der Waals surface area contributed by atoms with Crippen LogP contribution in [-0.2, 0) is 21.8 Å². The third-order valence-electron chi connectivity index (χ3n) is 8.48. The quantitative estimate of drug-likeness (QED) is 0.101. The molecule has 2 aliphatic rings. The maximum Gasteiger partial charge on any atom is 0.328 e. The molecule has 0 unspecified atom stereocenters. The predicted octanol–water partition coefficient (Wildman–Crippen LogP) is 3.96. The van der Waals surface area contributed by atoms with Gasteiger partial charge >= 0.3 is 98.2 Å². The van der Waals surface area contributed by atoms with Gasteiger partial charge in [-0.15, -0.1) is 0 Å². The van der Waals surface area contributed by atoms with Gasteiger partial charge in [-0.25, -0.2) is 19.8 Å². The third kappa shape index (κ3) is 15.6. The second-order valence-electron chi connectivity index (χ2n) is 15.4. The molecular formula is C42H62N15O4V-. The monoisotopic (exact) mass is 891 g/mol. The van der Waals surface area contributed by atoms with Gasteiger partial charge in [0.1, 0.15) is 23.3 Å². The summed E-state index contributed by atoms with van der Waals surface area (Å²) in [7, 11) is 0. The molecule has 6 rings (SSSR count). The Balaban J connectivity index is 0.000000268. The first-order chi connectivity index (χ1) is 28.8. The average molecular weight is 892 g/mol. The van der Waals surface area contributed by atoms with Gasteiger partial charge in [0.25, 0.3) is 17.0 Å². The second kappa shape index (κ2) is 23.6. The first-order valence-corrected chi connectivity index (χ1v) is 20.6. The SMILES string of the molecule is C=C1N=C(N)C=CN1C(C)C.C=C1NC(=O)C=CN1C(C)C.C[C](=[V])N=C(N)c1[c-]n(C(C)C)cn1.Cc1cn(C(C)C)c(=O)[nH]c1=O.Cc1nc2c(ncn2C(C)C)c(=O)[nH]1. The van der Waals surface area contributed by atoms with Gasteiger partial charge in [0, 0.05) is 54.4 Å². The summed E-state index contributed by atoms with van der Waals surface area (Å²) in [6.45, 7) is 33.0. The summed E-state index contributed by atoms with van der Waals surface area (Å²) in [5, 5.41) is 2.62. The second-order valence-corrected chi connectivity index (χ2v) is 16.4. The molecule has 0 spiro atoms. The minimum Gasteiger partial charge on any atom is -0.313 e. The molecule has 0 radical (unpaired) electrons. The molecule has 7 N–H and O–H groups in total. The molecule has 20 heteroatoms. The van der Waals surface area contributed by atoms with E-state index in [1.807, 2.05) is 73.6 Å². The van der Waals surface area contributed by atoms with Gasteiger partial charge in [-0.2, -0.15) is 0 Å². The number of hydrogen-bond acceptors (Lipinski definition) is 12. The van der Waals surface area contributed by atoms with Gasteiger partial charge in [-0.3, -0.25) is 23.9 Å². The standard InChI is InChI=1S/C9H12N4O.C9H13N4.C8H13N3.C8H12N2O2.C8H12N2O.V/c1-5(2)13-4-10-7-8(13)11-6(3)12-9(7)14;1-4-11-9(10)8-5-13(6-12-8)7(2)3;1-6(2)11-5-4-8(9)10-7(11)3;1-5(2)10-4-6(3)7(11)9-8(10)12;1-6(2)10-5-4-8(11)9-7(10)3;/h4-5H,1-3H3,(H,11,12,14);6-7H,10H2,1-3H3;4-6H,3H2,1-2H3,(H2,9,10);4-5H,1-3H3,(H,9,11,12);4-6H,3H2,1-2H3,(H,9,11);/q;-1;;;;. The molecular weight excluding hydrogens is 830 g/mol. The van der Waals surface area contributed by atoms with Crippen molar-refractivity contribution in [2.45, 2.75) is 120 Å². The van der Waals surface area contributed by atoms with Crippen molar-refractivity contribution in [3.8, 4) is 0 Å². The van der Waals surface area contributed by atoms with Crippen LogP contribution in [0.25, 0.3) is 11.2 Å². The summed E-state index contributed by atoms with van der Waals surface area (Å²) in [5.41, 5.74) is 12.6. The summed E-state index contributed by atoms with van der Waals surface area (Å²) in [6, 6.07) is 1.39. The zero-order chi connectivity index (χ0) is 47.2. The topological polar surface area (TPSA) is 249 Å². The van der Waals surface area contributed by atoms with Crippen molar-refractivity contribution in [3.63, 3.8) is 0 Å².